The van der Waals surface area contributed by atoms with E-state index in [0.29, 0.717) is 37.7 Å². The third kappa shape index (κ3) is 5.79. The molecular weight excluding hydrogens is 611 g/mol. The van der Waals surface area contributed by atoms with Gasteiger partial charge in [0.1, 0.15) is 11.5 Å². The van der Waals surface area contributed by atoms with E-state index in [9.17, 15) is 19.7 Å². The van der Waals surface area contributed by atoms with Crippen molar-refractivity contribution in [2.75, 3.05) is 12.9 Å². The standard InChI is InChI=1S/C34H27N3O6S2/c1-4-42-33(39)29-30(21-8-6-5-7-9-21)35-34-36(31(29)22-10-14-25(44-3)15-11-22)32(38)28(45-34)19-24-13-17-27(43-24)26-16-12-23(37(40)41)18-20(26)2/h5-19,31H,4H2,1-3H3/b28-19-/t31-/m0/s1. The maximum absolute atomic E-state index is 14.1. The van der Waals surface area contributed by atoms with Crippen LogP contribution in [0.2, 0.25) is 0 Å². The fourth-order valence-electron chi connectivity index (χ4n) is 5.28. The molecule has 3 heterocycles. The highest BCUT2D eigenvalue weighted by atomic mass is 32.2. The van der Waals surface area contributed by atoms with Gasteiger partial charge in [0.15, 0.2) is 4.80 Å². The van der Waals surface area contributed by atoms with E-state index < -0.39 is 16.9 Å². The fourth-order valence-corrected chi connectivity index (χ4v) is 6.67. The number of hydrogen-bond donors (Lipinski definition) is 0. The first kappa shape index (κ1) is 30.0. The highest BCUT2D eigenvalue weighted by Gasteiger charge is 2.35. The van der Waals surface area contributed by atoms with Crippen LogP contribution in [0.15, 0.2) is 110 Å². The molecule has 0 bridgehead atoms. The molecule has 1 aliphatic rings. The maximum atomic E-state index is 14.1. The monoisotopic (exact) mass is 637 g/mol. The van der Waals surface area contributed by atoms with Crippen LogP contribution in [-0.2, 0) is 9.53 Å². The highest BCUT2D eigenvalue weighted by molar-refractivity contribution is 7.98. The average Bonchev–Trinajstić information content (AvgIpc) is 3.64. The number of aromatic nitrogens is 1. The molecule has 1 atom stereocenters. The predicted octanol–water partition coefficient (Wildman–Crippen LogP) is 6.13. The predicted molar refractivity (Wildman–Crippen MR) is 175 cm³/mol. The summed E-state index contributed by atoms with van der Waals surface area (Å²) >= 11 is 2.80. The van der Waals surface area contributed by atoms with Crippen molar-refractivity contribution < 1.29 is 18.9 Å². The van der Waals surface area contributed by atoms with Crippen molar-refractivity contribution >= 4 is 46.5 Å². The van der Waals surface area contributed by atoms with E-state index in [2.05, 4.69) is 0 Å². The van der Waals surface area contributed by atoms with Crippen LogP contribution in [0.1, 0.15) is 35.4 Å². The fraction of sp³-hybridized carbons (Fsp3) is 0.147. The smallest absolute Gasteiger partial charge is 0.338 e. The number of aryl methyl sites for hydroxylation is 1. The Morgan fingerprint density at radius 1 is 1.11 bits per heavy atom. The minimum absolute atomic E-state index is 0.00107. The molecule has 0 fully saturated rings. The van der Waals surface area contributed by atoms with Gasteiger partial charge in [-0.3, -0.25) is 19.5 Å². The molecule has 9 nitrogen and oxygen atoms in total. The largest absolute Gasteiger partial charge is 0.463 e. The van der Waals surface area contributed by atoms with Crippen molar-refractivity contribution in [3.8, 4) is 11.3 Å². The topological polar surface area (TPSA) is 117 Å². The van der Waals surface area contributed by atoms with E-state index in [-0.39, 0.29) is 23.4 Å². The number of furan rings is 1. The Morgan fingerprint density at radius 3 is 2.53 bits per heavy atom. The van der Waals surface area contributed by atoms with Gasteiger partial charge >= 0.3 is 5.97 Å². The lowest BCUT2D eigenvalue weighted by Gasteiger charge is -2.26. The first-order valence-electron chi connectivity index (χ1n) is 14.1. The molecule has 0 N–H and O–H groups in total. The SMILES string of the molecule is CCOC(=O)C1=C(c2ccccc2)N=c2s/c(=C\c3ccc(-c4ccc([N+](=O)[O-])cc4C)o3)c(=O)n2[C@H]1c1ccc(SC)cc1. The number of ether oxygens (including phenoxy) is 1. The normalized spacial score (nSPS) is 14.6. The molecule has 226 valence electrons. The molecule has 45 heavy (non-hydrogen) atoms. The van der Waals surface area contributed by atoms with Gasteiger partial charge in [-0.2, -0.15) is 0 Å². The van der Waals surface area contributed by atoms with Gasteiger partial charge in [-0.15, -0.1) is 11.8 Å². The summed E-state index contributed by atoms with van der Waals surface area (Å²) in [5.74, 6) is 0.411. The number of carbonyl (C=O) groups is 1. The number of thiazole rings is 1. The Bertz CT molecular complexity index is 2140. The molecule has 0 amide bonds. The Kier molecular flexibility index (Phi) is 8.38. The quantitative estimate of drug-likeness (QED) is 0.0869. The molecule has 11 heteroatoms. The third-order valence-electron chi connectivity index (χ3n) is 7.39. The zero-order valence-corrected chi connectivity index (χ0v) is 26.2. The van der Waals surface area contributed by atoms with Gasteiger partial charge in [-0.25, -0.2) is 9.79 Å². The van der Waals surface area contributed by atoms with Gasteiger partial charge in [0.05, 0.1) is 33.4 Å². The van der Waals surface area contributed by atoms with E-state index in [4.69, 9.17) is 14.1 Å². The van der Waals surface area contributed by atoms with Crippen LogP contribution in [-0.4, -0.2) is 28.3 Å². The highest BCUT2D eigenvalue weighted by Crippen LogP contribution is 2.36. The molecule has 0 saturated heterocycles. The van der Waals surface area contributed by atoms with E-state index in [0.717, 1.165) is 16.0 Å². The third-order valence-corrected chi connectivity index (χ3v) is 9.12. The van der Waals surface area contributed by atoms with Crippen molar-refractivity contribution in [3.05, 3.63) is 143 Å². The Hall–Kier alpha value is -5.00. The number of esters is 1. The number of hydrogen-bond acceptors (Lipinski definition) is 9. The van der Waals surface area contributed by atoms with Crippen molar-refractivity contribution in [2.45, 2.75) is 24.8 Å². The van der Waals surface area contributed by atoms with Gasteiger partial charge in [0.25, 0.3) is 11.2 Å². The van der Waals surface area contributed by atoms with Crippen LogP contribution in [0.5, 0.6) is 0 Å². The molecule has 5 aromatic rings. The van der Waals surface area contributed by atoms with Crippen molar-refractivity contribution in [2.24, 2.45) is 4.99 Å². The first-order chi connectivity index (χ1) is 21.8. The van der Waals surface area contributed by atoms with Gasteiger partial charge < -0.3 is 9.15 Å². The molecule has 6 rings (SSSR count). The summed E-state index contributed by atoms with van der Waals surface area (Å²) in [6.07, 6.45) is 3.64. The lowest BCUT2D eigenvalue weighted by atomic mass is 9.93. The van der Waals surface area contributed by atoms with Gasteiger partial charge in [-0.1, -0.05) is 53.8 Å². The van der Waals surface area contributed by atoms with E-state index in [1.165, 1.54) is 23.5 Å². The Balaban J connectivity index is 1.52. The zero-order chi connectivity index (χ0) is 31.7. The zero-order valence-electron chi connectivity index (χ0n) is 24.6. The molecule has 0 aliphatic carbocycles. The maximum Gasteiger partial charge on any atom is 0.338 e. The molecule has 0 spiro atoms. The van der Waals surface area contributed by atoms with Crippen molar-refractivity contribution in [1.82, 2.24) is 4.57 Å². The van der Waals surface area contributed by atoms with Gasteiger partial charge in [-0.05, 0) is 61.6 Å². The van der Waals surface area contributed by atoms with Gasteiger partial charge in [0.2, 0.25) is 0 Å². The van der Waals surface area contributed by atoms with Gasteiger partial charge in [0, 0.05) is 34.2 Å². The number of non-ortho nitro benzene ring substituents is 1. The summed E-state index contributed by atoms with van der Waals surface area (Å²) < 4.78 is 13.5. The second kappa shape index (κ2) is 12.5. The summed E-state index contributed by atoms with van der Waals surface area (Å²) in [6.45, 7) is 3.69. The Labute approximate surface area is 266 Å². The van der Waals surface area contributed by atoms with Crippen LogP contribution in [0.3, 0.4) is 0 Å². The van der Waals surface area contributed by atoms with Crippen molar-refractivity contribution in [3.63, 3.8) is 0 Å². The summed E-state index contributed by atoms with van der Waals surface area (Å²) in [7, 11) is 0. The molecular formula is C34H27N3O6S2. The molecule has 0 saturated carbocycles. The summed E-state index contributed by atoms with van der Waals surface area (Å²) in [5.41, 5.74) is 3.30. The lowest BCUT2D eigenvalue weighted by molar-refractivity contribution is -0.384. The van der Waals surface area contributed by atoms with Crippen LogP contribution in [0, 0.1) is 17.0 Å². The molecule has 2 aromatic heterocycles. The minimum atomic E-state index is -0.775. The second-order valence-electron chi connectivity index (χ2n) is 10.2. The number of carbonyl (C=O) groups excluding carboxylic acids is 1. The second-order valence-corrected chi connectivity index (χ2v) is 12.1. The molecule has 0 unspecified atom stereocenters. The number of nitro benzene ring substituents is 1. The Morgan fingerprint density at radius 2 is 1.87 bits per heavy atom. The van der Waals surface area contributed by atoms with Crippen LogP contribution >= 0.6 is 23.1 Å². The van der Waals surface area contributed by atoms with Crippen LogP contribution < -0.4 is 14.9 Å². The number of nitro groups is 1. The summed E-state index contributed by atoms with van der Waals surface area (Å²) in [4.78, 5) is 44.8. The minimum Gasteiger partial charge on any atom is -0.463 e. The first-order valence-corrected chi connectivity index (χ1v) is 16.1. The molecule has 0 radical (unpaired) electrons. The number of fused-ring (bicyclic) bond motifs is 1. The van der Waals surface area contributed by atoms with Crippen LogP contribution in [0.4, 0.5) is 5.69 Å². The number of benzene rings is 3. The number of nitrogens with zero attached hydrogens (tertiary/aromatic N) is 3. The number of rotatable bonds is 8. The van der Waals surface area contributed by atoms with E-state index in [1.807, 2.05) is 60.9 Å². The number of thioether (sulfide) groups is 1. The molecule has 1 aliphatic heterocycles. The van der Waals surface area contributed by atoms with Crippen LogP contribution in [0.25, 0.3) is 23.1 Å². The summed E-state index contributed by atoms with van der Waals surface area (Å²) in [5, 5.41) is 11.2. The summed E-state index contributed by atoms with van der Waals surface area (Å²) in [6, 6.07) is 24.5. The van der Waals surface area contributed by atoms with E-state index >= 15 is 0 Å². The molecule has 3 aromatic carbocycles. The average molecular weight is 638 g/mol. The lowest BCUT2D eigenvalue weighted by Crippen LogP contribution is -2.40. The van der Waals surface area contributed by atoms with Crippen molar-refractivity contribution in [1.29, 1.82) is 0 Å². The van der Waals surface area contributed by atoms with E-state index in [1.54, 1.807) is 54.5 Å².